The van der Waals surface area contributed by atoms with E-state index in [0.717, 1.165) is 51.6 Å². The maximum Gasteiger partial charge on any atom is 0.243 e. The standard InChI is InChI=1S/C15H30N2O/c1-5-8-12-17(13(4)6-2)14(18)15(7-3)10-9-11-16-15/h13,16H,5-12H2,1-4H3. The Labute approximate surface area is 112 Å². The Morgan fingerprint density at radius 3 is 2.56 bits per heavy atom. The van der Waals surface area contributed by atoms with Gasteiger partial charge >= 0.3 is 0 Å². The first-order chi connectivity index (χ1) is 8.61. The third-order valence-electron chi connectivity index (χ3n) is 4.39. The summed E-state index contributed by atoms with van der Waals surface area (Å²) in [4.78, 5) is 15.0. The molecule has 1 amide bonds. The lowest BCUT2D eigenvalue weighted by molar-refractivity contribution is -0.140. The number of nitrogens with zero attached hydrogens (tertiary/aromatic N) is 1. The van der Waals surface area contributed by atoms with Gasteiger partial charge in [0.2, 0.25) is 5.91 Å². The van der Waals surface area contributed by atoms with Gasteiger partial charge in [0.05, 0.1) is 5.54 Å². The van der Waals surface area contributed by atoms with Gasteiger partial charge in [-0.3, -0.25) is 4.79 Å². The van der Waals surface area contributed by atoms with Crippen LogP contribution in [-0.2, 0) is 4.79 Å². The Hall–Kier alpha value is -0.570. The molecule has 18 heavy (non-hydrogen) atoms. The van der Waals surface area contributed by atoms with Crippen molar-refractivity contribution >= 4 is 5.91 Å². The number of unbranched alkanes of at least 4 members (excludes halogenated alkanes) is 1. The lowest BCUT2D eigenvalue weighted by Crippen LogP contribution is -2.56. The van der Waals surface area contributed by atoms with Crippen molar-refractivity contribution in [3.05, 3.63) is 0 Å². The van der Waals surface area contributed by atoms with E-state index >= 15 is 0 Å². The molecular formula is C15H30N2O. The summed E-state index contributed by atoms with van der Waals surface area (Å²) in [5, 5.41) is 3.46. The van der Waals surface area contributed by atoms with Crippen LogP contribution < -0.4 is 5.32 Å². The van der Waals surface area contributed by atoms with Crippen molar-refractivity contribution in [3.63, 3.8) is 0 Å². The second kappa shape index (κ2) is 7.13. The normalized spacial score (nSPS) is 25.1. The summed E-state index contributed by atoms with van der Waals surface area (Å²) in [6.45, 7) is 10.5. The van der Waals surface area contributed by atoms with E-state index in [2.05, 4.69) is 37.9 Å². The van der Waals surface area contributed by atoms with Crippen LogP contribution in [0.3, 0.4) is 0 Å². The molecule has 0 aromatic heterocycles. The van der Waals surface area contributed by atoms with Crippen molar-refractivity contribution in [1.82, 2.24) is 10.2 Å². The van der Waals surface area contributed by atoms with Gasteiger partial charge in [0.1, 0.15) is 0 Å². The smallest absolute Gasteiger partial charge is 0.243 e. The van der Waals surface area contributed by atoms with Crippen LogP contribution in [0.25, 0.3) is 0 Å². The zero-order chi connectivity index (χ0) is 13.6. The van der Waals surface area contributed by atoms with E-state index in [1.807, 2.05) is 0 Å². The molecule has 0 aromatic carbocycles. The van der Waals surface area contributed by atoms with Crippen LogP contribution in [0.5, 0.6) is 0 Å². The second-order valence-electron chi connectivity index (χ2n) is 5.58. The fourth-order valence-electron chi connectivity index (χ4n) is 2.79. The SMILES string of the molecule is CCCCN(C(=O)C1(CC)CCCN1)C(C)CC. The molecule has 1 N–H and O–H groups in total. The molecule has 1 aliphatic rings. The number of carbonyl (C=O) groups is 1. The van der Waals surface area contributed by atoms with Crippen molar-refractivity contribution in [1.29, 1.82) is 0 Å². The molecule has 0 radical (unpaired) electrons. The highest BCUT2D eigenvalue weighted by Crippen LogP contribution is 2.27. The van der Waals surface area contributed by atoms with Crippen molar-refractivity contribution in [2.45, 2.75) is 77.8 Å². The van der Waals surface area contributed by atoms with E-state index in [4.69, 9.17) is 0 Å². The highest BCUT2D eigenvalue weighted by molar-refractivity contribution is 5.87. The number of hydrogen-bond acceptors (Lipinski definition) is 2. The molecule has 0 aliphatic carbocycles. The molecule has 1 saturated heterocycles. The van der Waals surface area contributed by atoms with E-state index in [1.54, 1.807) is 0 Å². The predicted octanol–water partition coefficient (Wildman–Crippen LogP) is 2.95. The number of amides is 1. The predicted molar refractivity (Wildman–Crippen MR) is 76.6 cm³/mol. The van der Waals surface area contributed by atoms with Gasteiger partial charge in [-0.15, -0.1) is 0 Å². The Bertz CT molecular complexity index is 259. The third kappa shape index (κ3) is 3.25. The van der Waals surface area contributed by atoms with Gasteiger partial charge in [-0.05, 0) is 45.6 Å². The topological polar surface area (TPSA) is 32.3 Å². The average Bonchev–Trinajstić information content (AvgIpc) is 2.88. The first-order valence-electron chi connectivity index (χ1n) is 7.67. The van der Waals surface area contributed by atoms with Gasteiger partial charge < -0.3 is 10.2 Å². The maximum atomic E-state index is 12.9. The lowest BCUT2D eigenvalue weighted by atomic mass is 9.91. The lowest BCUT2D eigenvalue weighted by Gasteiger charge is -2.37. The summed E-state index contributed by atoms with van der Waals surface area (Å²) in [6, 6.07) is 0.356. The molecule has 1 rings (SSSR count). The quantitative estimate of drug-likeness (QED) is 0.757. The number of hydrogen-bond donors (Lipinski definition) is 1. The van der Waals surface area contributed by atoms with E-state index < -0.39 is 0 Å². The van der Waals surface area contributed by atoms with Gasteiger partial charge in [0.25, 0.3) is 0 Å². The van der Waals surface area contributed by atoms with Crippen LogP contribution in [0.4, 0.5) is 0 Å². The zero-order valence-electron chi connectivity index (χ0n) is 12.6. The van der Waals surface area contributed by atoms with Crippen molar-refractivity contribution in [2.75, 3.05) is 13.1 Å². The van der Waals surface area contributed by atoms with Crippen LogP contribution in [0.15, 0.2) is 0 Å². The largest absolute Gasteiger partial charge is 0.338 e. The summed E-state index contributed by atoms with van der Waals surface area (Å²) in [6.07, 6.45) is 6.33. The Morgan fingerprint density at radius 1 is 1.39 bits per heavy atom. The van der Waals surface area contributed by atoms with E-state index in [-0.39, 0.29) is 5.54 Å². The van der Waals surface area contributed by atoms with Crippen molar-refractivity contribution < 1.29 is 4.79 Å². The summed E-state index contributed by atoms with van der Waals surface area (Å²) in [5.74, 6) is 0.338. The van der Waals surface area contributed by atoms with E-state index in [9.17, 15) is 4.79 Å². The molecular weight excluding hydrogens is 224 g/mol. The first kappa shape index (κ1) is 15.5. The molecule has 0 bridgehead atoms. The highest BCUT2D eigenvalue weighted by Gasteiger charge is 2.42. The molecule has 1 heterocycles. The minimum absolute atomic E-state index is 0.267. The van der Waals surface area contributed by atoms with E-state index in [1.165, 1.54) is 0 Å². The molecule has 0 saturated carbocycles. The number of carbonyl (C=O) groups excluding carboxylic acids is 1. The molecule has 1 fully saturated rings. The van der Waals surface area contributed by atoms with Gasteiger partial charge in [-0.25, -0.2) is 0 Å². The Balaban J connectivity index is 2.79. The fourth-order valence-corrected chi connectivity index (χ4v) is 2.79. The van der Waals surface area contributed by atoms with Crippen molar-refractivity contribution in [3.8, 4) is 0 Å². The maximum absolute atomic E-state index is 12.9. The molecule has 1 aliphatic heterocycles. The van der Waals surface area contributed by atoms with Crippen LogP contribution >= 0.6 is 0 Å². The monoisotopic (exact) mass is 254 g/mol. The van der Waals surface area contributed by atoms with Crippen LogP contribution in [0.1, 0.15) is 66.2 Å². The molecule has 0 spiro atoms. The first-order valence-corrected chi connectivity index (χ1v) is 7.67. The van der Waals surface area contributed by atoms with Crippen LogP contribution in [0, 0.1) is 0 Å². The van der Waals surface area contributed by atoms with Gasteiger partial charge in [0, 0.05) is 12.6 Å². The second-order valence-corrected chi connectivity index (χ2v) is 5.58. The Morgan fingerprint density at radius 2 is 2.11 bits per heavy atom. The minimum Gasteiger partial charge on any atom is -0.338 e. The highest BCUT2D eigenvalue weighted by atomic mass is 16.2. The van der Waals surface area contributed by atoms with Crippen molar-refractivity contribution in [2.24, 2.45) is 0 Å². The third-order valence-corrected chi connectivity index (χ3v) is 4.39. The molecule has 3 heteroatoms. The average molecular weight is 254 g/mol. The Kier molecular flexibility index (Phi) is 6.13. The van der Waals surface area contributed by atoms with Gasteiger partial charge in [0.15, 0.2) is 0 Å². The molecule has 2 unspecified atom stereocenters. The number of rotatable bonds is 7. The summed E-state index contributed by atoms with van der Waals surface area (Å²) in [7, 11) is 0. The minimum atomic E-state index is -0.267. The molecule has 3 nitrogen and oxygen atoms in total. The summed E-state index contributed by atoms with van der Waals surface area (Å²) >= 11 is 0. The number of nitrogens with one attached hydrogen (secondary N) is 1. The molecule has 106 valence electrons. The fraction of sp³-hybridized carbons (Fsp3) is 0.933. The molecule has 0 aromatic rings. The summed E-state index contributed by atoms with van der Waals surface area (Å²) in [5.41, 5.74) is -0.267. The summed E-state index contributed by atoms with van der Waals surface area (Å²) < 4.78 is 0. The van der Waals surface area contributed by atoms with Gasteiger partial charge in [-0.1, -0.05) is 27.2 Å². The van der Waals surface area contributed by atoms with Crippen LogP contribution in [-0.4, -0.2) is 35.5 Å². The van der Waals surface area contributed by atoms with Gasteiger partial charge in [-0.2, -0.15) is 0 Å². The molecule has 2 atom stereocenters. The van der Waals surface area contributed by atoms with Crippen LogP contribution in [0.2, 0.25) is 0 Å². The zero-order valence-corrected chi connectivity index (χ0v) is 12.6. The van der Waals surface area contributed by atoms with E-state index in [0.29, 0.717) is 11.9 Å².